The molecule has 182 valence electrons. The van der Waals surface area contributed by atoms with Gasteiger partial charge in [0.2, 0.25) is 5.91 Å². The topological polar surface area (TPSA) is 78.3 Å². The first-order valence-corrected chi connectivity index (χ1v) is 13.1. The molecule has 0 saturated heterocycles. The normalized spacial score (nSPS) is 11.0. The van der Waals surface area contributed by atoms with Crippen LogP contribution in [0, 0.1) is 6.92 Å². The lowest BCUT2D eigenvalue weighted by molar-refractivity contribution is -0.113. The first kappa shape index (κ1) is 26.1. The molecule has 1 N–H and O–H groups in total. The van der Waals surface area contributed by atoms with Crippen molar-refractivity contribution in [2.75, 3.05) is 17.7 Å². The zero-order chi connectivity index (χ0) is 24.7. The number of carbonyl (C=O) groups excluding carboxylic acids is 1. The molecule has 0 saturated carbocycles. The summed E-state index contributed by atoms with van der Waals surface area (Å²) in [6, 6.07) is 11.7. The lowest BCUT2D eigenvalue weighted by atomic mass is 10.0. The molecule has 2 aromatic carbocycles. The predicted octanol–water partition coefficient (Wildman–Crippen LogP) is 6.20. The van der Waals surface area contributed by atoms with Crippen LogP contribution in [0.1, 0.15) is 50.6 Å². The lowest BCUT2D eigenvalue weighted by Crippen LogP contribution is -2.16. The molecular weight excluding hydrogens is 516 g/mol. The molecule has 9 heteroatoms. The van der Waals surface area contributed by atoms with Crippen molar-refractivity contribution in [3.05, 3.63) is 57.8 Å². The number of carbonyl (C=O) groups is 1. The van der Waals surface area contributed by atoms with Crippen LogP contribution in [0.2, 0.25) is 0 Å². The van der Waals surface area contributed by atoms with Crippen molar-refractivity contribution in [1.29, 1.82) is 0 Å². The van der Waals surface area contributed by atoms with E-state index in [2.05, 4.69) is 45.3 Å². The van der Waals surface area contributed by atoms with Crippen LogP contribution in [0.5, 0.6) is 11.5 Å². The summed E-state index contributed by atoms with van der Waals surface area (Å²) in [7, 11) is 0. The number of rotatable bonds is 11. The minimum atomic E-state index is -0.0845. The fraction of sp³-hybridized carbons (Fsp3) is 0.400. The van der Waals surface area contributed by atoms with Gasteiger partial charge in [-0.3, -0.25) is 4.79 Å². The van der Waals surface area contributed by atoms with Gasteiger partial charge < -0.3 is 19.4 Å². The molecule has 1 amide bonds. The molecule has 0 unspecified atom stereocenters. The third kappa shape index (κ3) is 6.76. The standard InChI is InChI=1S/C25H31BrN4O3S/c1-6-30-23(14-33-21-11-8-17(5)12-22(21)32-7-2)28-29-25(30)34-15-24(31)27-20-10-9-18(26)13-19(20)16(3)4/h8-13,16H,6-7,14-15H2,1-5H3,(H,27,31). The van der Waals surface area contributed by atoms with E-state index >= 15 is 0 Å². The molecule has 0 atom stereocenters. The summed E-state index contributed by atoms with van der Waals surface area (Å²) in [5.74, 6) is 2.52. The summed E-state index contributed by atoms with van der Waals surface area (Å²) < 4.78 is 14.6. The Balaban J connectivity index is 1.63. The van der Waals surface area contributed by atoms with Gasteiger partial charge >= 0.3 is 0 Å². The van der Waals surface area contributed by atoms with Gasteiger partial charge in [0.15, 0.2) is 22.5 Å². The van der Waals surface area contributed by atoms with E-state index in [9.17, 15) is 4.79 Å². The highest BCUT2D eigenvalue weighted by Gasteiger charge is 2.16. The van der Waals surface area contributed by atoms with E-state index in [0.717, 1.165) is 21.3 Å². The number of hydrogen-bond acceptors (Lipinski definition) is 6. The van der Waals surface area contributed by atoms with Crippen LogP contribution in [-0.4, -0.2) is 33.0 Å². The van der Waals surface area contributed by atoms with Gasteiger partial charge in [0.25, 0.3) is 0 Å². The highest BCUT2D eigenvalue weighted by molar-refractivity contribution is 9.10. The number of aryl methyl sites for hydroxylation is 1. The second kappa shape index (κ2) is 12.3. The van der Waals surface area contributed by atoms with E-state index in [0.29, 0.717) is 41.5 Å². The number of hydrogen-bond donors (Lipinski definition) is 1. The Hall–Kier alpha value is -2.52. The molecule has 0 aliphatic rings. The van der Waals surface area contributed by atoms with E-state index in [-0.39, 0.29) is 18.3 Å². The van der Waals surface area contributed by atoms with Crippen molar-refractivity contribution < 1.29 is 14.3 Å². The molecule has 1 heterocycles. The average Bonchev–Trinajstić information content (AvgIpc) is 3.20. The van der Waals surface area contributed by atoms with E-state index in [1.165, 1.54) is 11.8 Å². The summed E-state index contributed by atoms with van der Waals surface area (Å²) in [6.45, 7) is 11.7. The van der Waals surface area contributed by atoms with Crippen LogP contribution >= 0.6 is 27.7 Å². The number of thioether (sulfide) groups is 1. The zero-order valence-electron chi connectivity index (χ0n) is 20.2. The fourth-order valence-corrected chi connectivity index (χ4v) is 4.64. The molecule has 3 rings (SSSR count). The second-order valence-electron chi connectivity index (χ2n) is 8.04. The molecule has 7 nitrogen and oxygen atoms in total. The van der Waals surface area contributed by atoms with Gasteiger partial charge in [-0.05, 0) is 68.1 Å². The van der Waals surface area contributed by atoms with Crippen LogP contribution < -0.4 is 14.8 Å². The molecule has 3 aromatic rings. The summed E-state index contributed by atoms with van der Waals surface area (Å²) >= 11 is 4.86. The molecule has 0 radical (unpaired) electrons. The fourth-order valence-electron chi connectivity index (χ4n) is 3.44. The second-order valence-corrected chi connectivity index (χ2v) is 9.90. The van der Waals surface area contributed by atoms with Crippen molar-refractivity contribution in [2.45, 2.75) is 58.8 Å². The third-order valence-corrected chi connectivity index (χ3v) is 6.57. The maximum atomic E-state index is 12.6. The van der Waals surface area contributed by atoms with Crippen molar-refractivity contribution >= 4 is 39.3 Å². The molecule has 0 fully saturated rings. The number of benzene rings is 2. The Morgan fingerprint density at radius 1 is 1.12 bits per heavy atom. The maximum absolute atomic E-state index is 12.6. The van der Waals surface area contributed by atoms with Gasteiger partial charge in [0, 0.05) is 16.7 Å². The molecule has 34 heavy (non-hydrogen) atoms. The highest BCUT2D eigenvalue weighted by atomic mass is 79.9. The Labute approximate surface area is 213 Å². The van der Waals surface area contributed by atoms with E-state index in [4.69, 9.17) is 9.47 Å². The summed E-state index contributed by atoms with van der Waals surface area (Å²) in [5.41, 5.74) is 3.03. The van der Waals surface area contributed by atoms with Gasteiger partial charge in [0.1, 0.15) is 6.61 Å². The van der Waals surface area contributed by atoms with Gasteiger partial charge in [-0.1, -0.05) is 47.6 Å². The Kier molecular flexibility index (Phi) is 9.41. The third-order valence-electron chi connectivity index (χ3n) is 5.11. The van der Waals surface area contributed by atoms with E-state index in [1.54, 1.807) is 0 Å². The average molecular weight is 548 g/mol. The number of amides is 1. The van der Waals surface area contributed by atoms with Crippen LogP contribution in [0.4, 0.5) is 5.69 Å². The smallest absolute Gasteiger partial charge is 0.234 e. The Morgan fingerprint density at radius 3 is 2.62 bits per heavy atom. The number of ether oxygens (including phenoxy) is 2. The number of halogens is 1. The molecule has 0 spiro atoms. The predicted molar refractivity (Wildman–Crippen MR) is 140 cm³/mol. The molecular formula is C25H31BrN4O3S. The van der Waals surface area contributed by atoms with Crippen LogP contribution in [0.15, 0.2) is 46.0 Å². The number of aromatic nitrogens is 3. The summed E-state index contributed by atoms with van der Waals surface area (Å²) in [6.07, 6.45) is 0. The van der Waals surface area contributed by atoms with Gasteiger partial charge in [0.05, 0.1) is 12.4 Å². The van der Waals surface area contributed by atoms with Crippen LogP contribution in [0.3, 0.4) is 0 Å². The van der Waals surface area contributed by atoms with Crippen LogP contribution in [-0.2, 0) is 17.9 Å². The quantitative estimate of drug-likeness (QED) is 0.288. The van der Waals surface area contributed by atoms with E-state index < -0.39 is 0 Å². The SMILES string of the molecule is CCOc1cc(C)ccc1OCc1nnc(SCC(=O)Nc2ccc(Br)cc2C(C)C)n1CC. The molecule has 0 bridgehead atoms. The Bertz CT molecular complexity index is 1130. The number of anilines is 1. The number of nitrogens with zero attached hydrogens (tertiary/aromatic N) is 3. The molecule has 0 aliphatic heterocycles. The minimum Gasteiger partial charge on any atom is -0.490 e. The van der Waals surface area contributed by atoms with Gasteiger partial charge in [-0.2, -0.15) is 0 Å². The first-order valence-electron chi connectivity index (χ1n) is 11.3. The number of nitrogens with one attached hydrogen (secondary N) is 1. The van der Waals surface area contributed by atoms with Crippen molar-refractivity contribution in [2.24, 2.45) is 0 Å². The van der Waals surface area contributed by atoms with E-state index in [1.807, 2.05) is 61.7 Å². The lowest BCUT2D eigenvalue weighted by Gasteiger charge is -2.14. The van der Waals surface area contributed by atoms with Crippen molar-refractivity contribution in [3.63, 3.8) is 0 Å². The minimum absolute atomic E-state index is 0.0845. The largest absolute Gasteiger partial charge is 0.490 e. The highest BCUT2D eigenvalue weighted by Crippen LogP contribution is 2.30. The van der Waals surface area contributed by atoms with Crippen molar-refractivity contribution in [1.82, 2.24) is 14.8 Å². The monoisotopic (exact) mass is 546 g/mol. The summed E-state index contributed by atoms with van der Waals surface area (Å²) in [4.78, 5) is 12.6. The van der Waals surface area contributed by atoms with Crippen LogP contribution in [0.25, 0.3) is 0 Å². The zero-order valence-corrected chi connectivity index (χ0v) is 22.6. The van der Waals surface area contributed by atoms with Crippen molar-refractivity contribution in [3.8, 4) is 11.5 Å². The Morgan fingerprint density at radius 2 is 1.91 bits per heavy atom. The van der Waals surface area contributed by atoms with Gasteiger partial charge in [-0.15, -0.1) is 10.2 Å². The molecule has 1 aromatic heterocycles. The molecule has 0 aliphatic carbocycles. The first-order chi connectivity index (χ1) is 16.3. The summed E-state index contributed by atoms with van der Waals surface area (Å²) in [5, 5.41) is 12.3. The van der Waals surface area contributed by atoms with Gasteiger partial charge in [-0.25, -0.2) is 0 Å². The maximum Gasteiger partial charge on any atom is 0.234 e.